The van der Waals surface area contributed by atoms with Gasteiger partial charge in [-0.05, 0) is 18.2 Å². The molecule has 0 saturated carbocycles. The molecule has 0 fully saturated rings. The van der Waals surface area contributed by atoms with E-state index in [-0.39, 0.29) is 23.7 Å². The third kappa shape index (κ3) is 6.38. The Balaban J connectivity index is 2.83. The average Bonchev–Trinajstić information content (AvgIpc) is 2.24. The van der Waals surface area contributed by atoms with Crippen LogP contribution in [0.5, 0.6) is 0 Å². The van der Waals surface area contributed by atoms with Gasteiger partial charge < -0.3 is 4.74 Å². The van der Waals surface area contributed by atoms with Crippen LogP contribution < -0.4 is 14.6 Å². The molecule has 1 aromatic carbocycles. The number of anilines is 2. The van der Waals surface area contributed by atoms with Gasteiger partial charge in [-0.2, -0.15) is 8.42 Å². The molecule has 0 heterocycles. The van der Waals surface area contributed by atoms with Gasteiger partial charge >= 0.3 is 0 Å². The minimum atomic E-state index is -3.90. The van der Waals surface area contributed by atoms with Crippen LogP contribution in [0.2, 0.25) is 0 Å². The Morgan fingerprint density at radius 3 is 2.26 bits per heavy atom. The monoisotopic (exact) mass is 309 g/mol. The summed E-state index contributed by atoms with van der Waals surface area (Å²) in [6, 6.07) is 5.73. The smallest absolute Gasteiger partial charge is 0.296 e. The van der Waals surface area contributed by atoms with Crippen molar-refractivity contribution in [1.82, 2.24) is 0 Å². The largest absolute Gasteiger partial charge is 0.384 e. The molecule has 1 rings (SSSR count). The summed E-state index contributed by atoms with van der Waals surface area (Å²) in [6.07, 6.45) is 0. The van der Waals surface area contributed by atoms with Gasteiger partial charge in [0.25, 0.3) is 10.2 Å². The maximum atomic E-state index is 11.6. The fourth-order valence-electron chi connectivity index (χ4n) is 1.23. The van der Waals surface area contributed by atoms with Crippen molar-refractivity contribution in [2.45, 2.75) is 0 Å². The van der Waals surface area contributed by atoms with E-state index in [1.165, 1.54) is 31.4 Å². The van der Waals surface area contributed by atoms with Crippen LogP contribution >= 0.6 is 0 Å². The Kier molecular flexibility index (Phi) is 5.11. The molecular formula is C9H15N3O5S2. The van der Waals surface area contributed by atoms with Gasteiger partial charge in [0.2, 0.25) is 10.0 Å². The zero-order chi connectivity index (χ0) is 14.5. The van der Waals surface area contributed by atoms with Gasteiger partial charge in [0.15, 0.2) is 0 Å². The van der Waals surface area contributed by atoms with Crippen LogP contribution in [0.15, 0.2) is 24.3 Å². The summed E-state index contributed by atoms with van der Waals surface area (Å²) in [5.41, 5.74) is 0.388. The molecule has 0 saturated heterocycles. The van der Waals surface area contributed by atoms with Crippen molar-refractivity contribution in [1.29, 1.82) is 0 Å². The highest BCUT2D eigenvalue weighted by Crippen LogP contribution is 2.16. The number of ether oxygens (including phenoxy) is 1. The van der Waals surface area contributed by atoms with Crippen LogP contribution in [0, 0.1) is 0 Å². The van der Waals surface area contributed by atoms with E-state index in [9.17, 15) is 16.8 Å². The average molecular weight is 309 g/mol. The number of sulfonamides is 1. The summed E-state index contributed by atoms with van der Waals surface area (Å²) in [4.78, 5) is 0. The third-order valence-electron chi connectivity index (χ3n) is 1.95. The van der Waals surface area contributed by atoms with Crippen molar-refractivity contribution in [2.24, 2.45) is 5.14 Å². The lowest BCUT2D eigenvalue weighted by molar-refractivity contribution is 0.217. The quantitative estimate of drug-likeness (QED) is 0.636. The number of methoxy groups -OCH3 is 1. The number of nitrogens with two attached hydrogens (primary N) is 1. The molecule has 0 spiro atoms. The van der Waals surface area contributed by atoms with Crippen molar-refractivity contribution in [2.75, 3.05) is 28.9 Å². The lowest BCUT2D eigenvalue weighted by atomic mass is 10.3. The van der Waals surface area contributed by atoms with E-state index in [1.54, 1.807) is 0 Å². The van der Waals surface area contributed by atoms with E-state index in [0.717, 1.165) is 0 Å². The number of hydrogen-bond donors (Lipinski definition) is 3. The van der Waals surface area contributed by atoms with E-state index < -0.39 is 20.2 Å². The highest BCUT2D eigenvalue weighted by molar-refractivity contribution is 7.92. The van der Waals surface area contributed by atoms with Crippen LogP contribution in [0.4, 0.5) is 11.4 Å². The standard InChI is InChI=1S/C9H15N3O5S2/c1-17-5-6-18(13,14)11-8-3-2-4-9(7-8)12-19(10,15)16/h2-4,7,11-12H,5-6H2,1H3,(H2,10,15,16). The van der Waals surface area contributed by atoms with Gasteiger partial charge in [-0.15, -0.1) is 0 Å². The van der Waals surface area contributed by atoms with Crippen LogP contribution in [0.25, 0.3) is 0 Å². The Morgan fingerprint density at radius 1 is 1.16 bits per heavy atom. The summed E-state index contributed by atoms with van der Waals surface area (Å²) in [5, 5.41) is 4.82. The first kappa shape index (κ1) is 15.7. The van der Waals surface area contributed by atoms with Gasteiger partial charge in [-0.3, -0.25) is 9.44 Å². The number of nitrogens with one attached hydrogen (secondary N) is 2. The van der Waals surface area contributed by atoms with Gasteiger partial charge in [-0.1, -0.05) is 6.07 Å². The molecular weight excluding hydrogens is 294 g/mol. The molecule has 0 aromatic heterocycles. The molecule has 0 amide bonds. The number of hydrogen-bond acceptors (Lipinski definition) is 5. The predicted molar refractivity (Wildman–Crippen MR) is 72.5 cm³/mol. The van der Waals surface area contributed by atoms with Crippen LogP contribution in [-0.2, 0) is 25.0 Å². The minimum absolute atomic E-state index is 0.0600. The highest BCUT2D eigenvalue weighted by atomic mass is 32.2. The van der Waals surface area contributed by atoms with E-state index in [2.05, 4.69) is 9.46 Å². The van der Waals surface area contributed by atoms with Gasteiger partial charge in [0.1, 0.15) is 0 Å². The number of benzene rings is 1. The molecule has 0 atom stereocenters. The fourth-order valence-corrected chi connectivity index (χ4v) is 2.66. The molecule has 0 aliphatic rings. The van der Waals surface area contributed by atoms with Crippen molar-refractivity contribution in [3.05, 3.63) is 24.3 Å². The first-order chi connectivity index (χ1) is 8.72. The highest BCUT2D eigenvalue weighted by Gasteiger charge is 2.10. The molecule has 1 aromatic rings. The summed E-state index contributed by atoms with van der Waals surface area (Å²) >= 11 is 0. The Labute approximate surface area is 112 Å². The maximum absolute atomic E-state index is 11.6. The molecule has 8 nitrogen and oxygen atoms in total. The van der Waals surface area contributed by atoms with Gasteiger partial charge in [-0.25, -0.2) is 13.6 Å². The van der Waals surface area contributed by atoms with E-state index in [4.69, 9.17) is 5.14 Å². The molecule has 108 valence electrons. The predicted octanol–water partition coefficient (Wildman–Crippen LogP) is -0.310. The molecule has 10 heteroatoms. The maximum Gasteiger partial charge on any atom is 0.296 e. The van der Waals surface area contributed by atoms with Gasteiger partial charge in [0.05, 0.1) is 23.7 Å². The fraction of sp³-hybridized carbons (Fsp3) is 0.333. The molecule has 0 aliphatic carbocycles. The second-order valence-electron chi connectivity index (χ2n) is 3.64. The Hall–Kier alpha value is -1.36. The summed E-state index contributed by atoms with van der Waals surface area (Å²) in [6.45, 7) is 0.0600. The first-order valence-electron chi connectivity index (χ1n) is 5.12. The van der Waals surface area contributed by atoms with E-state index in [1.807, 2.05) is 4.72 Å². The third-order valence-corrected chi connectivity index (χ3v) is 3.72. The summed E-state index contributed by atoms with van der Waals surface area (Å²) in [5.74, 6) is -0.198. The Morgan fingerprint density at radius 2 is 1.74 bits per heavy atom. The molecule has 19 heavy (non-hydrogen) atoms. The molecule has 4 N–H and O–H groups in total. The lowest BCUT2D eigenvalue weighted by Crippen LogP contribution is -2.22. The SMILES string of the molecule is COCCS(=O)(=O)Nc1cccc(NS(N)(=O)=O)c1. The van der Waals surface area contributed by atoms with Crippen molar-refractivity contribution in [3.8, 4) is 0 Å². The topological polar surface area (TPSA) is 128 Å². The molecule has 0 aliphatic heterocycles. The first-order valence-corrected chi connectivity index (χ1v) is 8.32. The van der Waals surface area contributed by atoms with Crippen molar-refractivity contribution < 1.29 is 21.6 Å². The van der Waals surface area contributed by atoms with Crippen LogP contribution in [-0.4, -0.2) is 36.3 Å². The van der Waals surface area contributed by atoms with Crippen LogP contribution in [0.1, 0.15) is 0 Å². The Bertz CT molecular complexity index is 627. The van der Waals surface area contributed by atoms with Crippen molar-refractivity contribution >= 4 is 31.6 Å². The molecule has 0 radical (unpaired) electrons. The zero-order valence-electron chi connectivity index (χ0n) is 10.2. The van der Waals surface area contributed by atoms with E-state index >= 15 is 0 Å². The normalized spacial score (nSPS) is 12.1. The number of rotatable bonds is 7. The van der Waals surface area contributed by atoms with E-state index in [0.29, 0.717) is 0 Å². The summed E-state index contributed by atoms with van der Waals surface area (Å²) in [7, 11) is -6.04. The molecule has 0 unspecified atom stereocenters. The summed E-state index contributed by atoms with van der Waals surface area (Å²) < 4.78 is 53.9. The van der Waals surface area contributed by atoms with Gasteiger partial charge in [0, 0.05) is 7.11 Å². The molecule has 0 bridgehead atoms. The second-order valence-corrected chi connectivity index (χ2v) is 6.78. The second kappa shape index (κ2) is 6.19. The minimum Gasteiger partial charge on any atom is -0.384 e. The zero-order valence-corrected chi connectivity index (χ0v) is 11.8. The van der Waals surface area contributed by atoms with Crippen LogP contribution in [0.3, 0.4) is 0 Å². The van der Waals surface area contributed by atoms with Crippen molar-refractivity contribution in [3.63, 3.8) is 0 Å². The lowest BCUT2D eigenvalue weighted by Gasteiger charge is -2.09.